The van der Waals surface area contributed by atoms with Gasteiger partial charge in [-0.3, -0.25) is 9.59 Å². The van der Waals surface area contributed by atoms with E-state index in [4.69, 9.17) is 16.2 Å². The van der Waals surface area contributed by atoms with Crippen LogP contribution in [-0.4, -0.2) is 62.1 Å². The minimum absolute atomic E-state index is 0.0107. The monoisotopic (exact) mass is 600 g/mol. The van der Waals surface area contributed by atoms with E-state index in [1.165, 1.54) is 38.5 Å². The molecule has 7 atom stereocenters. The van der Waals surface area contributed by atoms with Gasteiger partial charge in [0.05, 0.1) is 0 Å². The summed E-state index contributed by atoms with van der Waals surface area (Å²) in [6.07, 6.45) is 18.8. The van der Waals surface area contributed by atoms with E-state index in [-0.39, 0.29) is 23.4 Å². The smallest absolute Gasteiger partial charge is 0.306 e. The minimum atomic E-state index is -0.141. The first-order chi connectivity index (χ1) is 20.8. The van der Waals surface area contributed by atoms with Crippen molar-refractivity contribution in [2.75, 3.05) is 39.3 Å². The second kappa shape index (κ2) is 16.2. The number of amides is 1. The lowest BCUT2D eigenvalue weighted by atomic mass is 9.47. The Morgan fingerprint density at radius 1 is 0.930 bits per heavy atom. The molecule has 0 aromatic heterocycles. The maximum atomic E-state index is 13.0. The van der Waals surface area contributed by atoms with Gasteiger partial charge >= 0.3 is 5.97 Å². The molecule has 0 radical (unpaired) electrons. The number of carbonyl (C=O) groups excluding carboxylic acids is 2. The Hall–Kier alpha value is -1.44. The molecule has 0 spiro atoms. The zero-order valence-electron chi connectivity index (χ0n) is 27.8. The summed E-state index contributed by atoms with van der Waals surface area (Å²) in [5.74, 6) is 3.41. The minimum Gasteiger partial charge on any atom is -0.462 e. The zero-order valence-corrected chi connectivity index (χ0v) is 27.8. The highest BCUT2D eigenvalue weighted by molar-refractivity contribution is 5.77. The molecule has 43 heavy (non-hydrogen) atoms. The largest absolute Gasteiger partial charge is 0.462 e. The molecule has 5 N–H and O–H groups in total. The standard InChI is InChI=1S/C36H64N4O3/c1-4-27-13-15-31-30-14-12-28-26-29(16-18-36(28,3)32(30)17-19-35(27,31)2)43-34(42)11-7-10-33(41)40(25-9-21-38)24-6-5-22-39-23-8-20-37/h12,27,29-32,39H,4-11,13-26,37-38H2,1-3H3/t27-,29-,30-,31-,32-,35+,36-/m0/s1. The van der Waals surface area contributed by atoms with Gasteiger partial charge in [0.15, 0.2) is 0 Å². The quantitative estimate of drug-likeness (QED) is 0.108. The summed E-state index contributed by atoms with van der Waals surface area (Å²) < 4.78 is 6.03. The van der Waals surface area contributed by atoms with Crippen molar-refractivity contribution in [1.29, 1.82) is 0 Å². The van der Waals surface area contributed by atoms with Crippen LogP contribution in [0.3, 0.4) is 0 Å². The number of ether oxygens (including phenoxy) is 1. The first-order valence-corrected chi connectivity index (χ1v) is 18.0. The van der Waals surface area contributed by atoms with Crippen LogP contribution in [0.1, 0.15) is 124 Å². The summed E-state index contributed by atoms with van der Waals surface area (Å²) in [6.45, 7) is 12.2. The lowest BCUT2D eigenvalue weighted by Crippen LogP contribution is -2.50. The summed E-state index contributed by atoms with van der Waals surface area (Å²) in [7, 11) is 0. The summed E-state index contributed by atoms with van der Waals surface area (Å²) in [5.41, 5.74) is 13.6. The Bertz CT molecular complexity index is 939. The van der Waals surface area contributed by atoms with E-state index in [1.807, 2.05) is 4.90 Å². The van der Waals surface area contributed by atoms with E-state index in [0.29, 0.717) is 44.3 Å². The van der Waals surface area contributed by atoms with E-state index >= 15 is 0 Å². The molecule has 1 amide bonds. The number of unbranched alkanes of at least 4 members (excludes halogenated alkanes) is 1. The summed E-state index contributed by atoms with van der Waals surface area (Å²) >= 11 is 0. The highest BCUT2D eigenvalue weighted by atomic mass is 16.5. The molecular formula is C36H64N4O3. The molecule has 4 rings (SSSR count). The van der Waals surface area contributed by atoms with Crippen molar-refractivity contribution < 1.29 is 14.3 Å². The molecule has 0 bridgehead atoms. The van der Waals surface area contributed by atoms with E-state index in [1.54, 1.807) is 5.57 Å². The Balaban J connectivity index is 1.20. The van der Waals surface area contributed by atoms with Crippen molar-refractivity contribution in [3.8, 4) is 0 Å². The number of allylic oxidation sites excluding steroid dienone is 1. The molecule has 0 aromatic carbocycles. The molecule has 7 nitrogen and oxygen atoms in total. The topological polar surface area (TPSA) is 111 Å². The van der Waals surface area contributed by atoms with Crippen LogP contribution >= 0.6 is 0 Å². The summed E-state index contributed by atoms with van der Waals surface area (Å²) in [5, 5.41) is 3.40. The molecule has 0 aliphatic heterocycles. The zero-order chi connectivity index (χ0) is 30.9. The average Bonchev–Trinajstić information content (AvgIpc) is 3.34. The van der Waals surface area contributed by atoms with Crippen LogP contribution < -0.4 is 16.8 Å². The summed E-state index contributed by atoms with van der Waals surface area (Å²) in [6, 6.07) is 0. The van der Waals surface area contributed by atoms with Crippen LogP contribution in [0.25, 0.3) is 0 Å². The van der Waals surface area contributed by atoms with E-state index in [0.717, 1.165) is 88.3 Å². The van der Waals surface area contributed by atoms with Crippen LogP contribution in [0, 0.1) is 34.5 Å². The van der Waals surface area contributed by atoms with Gasteiger partial charge in [0.1, 0.15) is 6.10 Å². The lowest BCUT2D eigenvalue weighted by molar-refractivity contribution is -0.151. The fourth-order valence-corrected chi connectivity index (χ4v) is 9.84. The normalized spacial score (nSPS) is 33.2. The van der Waals surface area contributed by atoms with Crippen molar-refractivity contribution in [1.82, 2.24) is 10.2 Å². The number of carbonyl (C=O) groups is 2. The first kappa shape index (κ1) is 34.4. The van der Waals surface area contributed by atoms with Gasteiger partial charge in [-0.25, -0.2) is 0 Å². The Morgan fingerprint density at radius 2 is 1.70 bits per heavy atom. The molecule has 3 saturated carbocycles. The Morgan fingerprint density at radius 3 is 2.47 bits per heavy atom. The van der Waals surface area contributed by atoms with Gasteiger partial charge in [0.2, 0.25) is 5.91 Å². The maximum absolute atomic E-state index is 13.0. The van der Waals surface area contributed by atoms with Crippen LogP contribution in [0.4, 0.5) is 0 Å². The van der Waals surface area contributed by atoms with Crippen LogP contribution in [0.15, 0.2) is 11.6 Å². The number of hydrogen-bond acceptors (Lipinski definition) is 6. The van der Waals surface area contributed by atoms with Crippen LogP contribution in [0.2, 0.25) is 0 Å². The Kier molecular flexibility index (Phi) is 13.0. The molecule has 7 heteroatoms. The second-order valence-electron chi connectivity index (χ2n) is 14.8. The van der Waals surface area contributed by atoms with Gasteiger partial charge in [-0.2, -0.15) is 0 Å². The third-order valence-corrected chi connectivity index (χ3v) is 12.4. The van der Waals surface area contributed by atoms with Crippen molar-refractivity contribution in [2.24, 2.45) is 46.0 Å². The van der Waals surface area contributed by atoms with Crippen LogP contribution in [0.5, 0.6) is 0 Å². The number of esters is 1. The van der Waals surface area contributed by atoms with Crippen molar-refractivity contribution >= 4 is 11.9 Å². The van der Waals surface area contributed by atoms with E-state index in [2.05, 4.69) is 32.2 Å². The van der Waals surface area contributed by atoms with Gasteiger partial charge in [-0.15, -0.1) is 0 Å². The molecular weight excluding hydrogens is 536 g/mol. The predicted molar refractivity (Wildman–Crippen MR) is 175 cm³/mol. The van der Waals surface area contributed by atoms with Gasteiger partial charge < -0.3 is 26.4 Å². The molecule has 246 valence electrons. The van der Waals surface area contributed by atoms with Crippen molar-refractivity contribution in [3.63, 3.8) is 0 Å². The molecule has 0 heterocycles. The van der Waals surface area contributed by atoms with Gasteiger partial charge in [0, 0.05) is 32.4 Å². The number of nitrogens with two attached hydrogens (primary N) is 2. The van der Waals surface area contributed by atoms with Gasteiger partial charge in [-0.1, -0.05) is 38.8 Å². The van der Waals surface area contributed by atoms with Gasteiger partial charge in [-0.05, 0) is 138 Å². The highest BCUT2D eigenvalue weighted by Crippen LogP contribution is 2.66. The molecule has 0 saturated heterocycles. The third kappa shape index (κ3) is 8.24. The molecule has 0 unspecified atom stereocenters. The van der Waals surface area contributed by atoms with Crippen LogP contribution in [-0.2, 0) is 14.3 Å². The number of nitrogens with zero attached hydrogens (tertiary/aromatic N) is 1. The predicted octanol–water partition coefficient (Wildman–Crippen LogP) is 5.95. The fourth-order valence-electron chi connectivity index (χ4n) is 9.84. The molecule has 0 aromatic rings. The van der Waals surface area contributed by atoms with Crippen molar-refractivity contribution in [2.45, 2.75) is 130 Å². The number of rotatable bonds is 17. The van der Waals surface area contributed by atoms with E-state index < -0.39 is 0 Å². The fraction of sp³-hybridized carbons (Fsp3) is 0.889. The van der Waals surface area contributed by atoms with Crippen molar-refractivity contribution in [3.05, 3.63) is 11.6 Å². The lowest BCUT2D eigenvalue weighted by Gasteiger charge is -2.58. The summed E-state index contributed by atoms with van der Waals surface area (Å²) in [4.78, 5) is 27.7. The average molecular weight is 601 g/mol. The van der Waals surface area contributed by atoms with E-state index in [9.17, 15) is 9.59 Å². The van der Waals surface area contributed by atoms with Gasteiger partial charge in [0.25, 0.3) is 0 Å². The molecule has 3 fully saturated rings. The second-order valence-corrected chi connectivity index (χ2v) is 14.8. The SMILES string of the molecule is CC[C@H]1CC[C@H]2[C@@H]3CC=C4C[C@@H](OC(=O)CCCC(=O)N(CCCN)CCCCNCCCN)CC[C@]4(C)[C@H]3CC[C@]12C. The number of fused-ring (bicyclic) bond motifs is 5. The Labute approximate surface area is 262 Å². The highest BCUT2D eigenvalue weighted by Gasteiger charge is 2.58. The number of hydrogen-bond donors (Lipinski definition) is 3. The first-order valence-electron chi connectivity index (χ1n) is 18.0. The third-order valence-electron chi connectivity index (χ3n) is 12.4. The molecule has 4 aliphatic rings. The maximum Gasteiger partial charge on any atom is 0.306 e. The molecule has 4 aliphatic carbocycles. The number of nitrogens with one attached hydrogen (secondary N) is 1.